The van der Waals surface area contributed by atoms with Crippen LogP contribution < -0.4 is 64.4 Å². The van der Waals surface area contributed by atoms with Crippen molar-refractivity contribution in [1.82, 2.24) is 15.5 Å². The molecule has 106 heavy (non-hydrogen) atoms. The van der Waals surface area contributed by atoms with Crippen LogP contribution in [0, 0.1) is 56.3 Å². The number of carbonyl (C=O) groups excluding carboxylic acids is 5. The molecule has 22 nitrogen and oxygen atoms in total. The van der Waals surface area contributed by atoms with E-state index in [1.54, 1.807) is 47.6 Å². The third-order valence-electron chi connectivity index (χ3n) is 15.8. The van der Waals surface area contributed by atoms with E-state index in [4.69, 9.17) is 37.6 Å². The van der Waals surface area contributed by atoms with Gasteiger partial charge in [0.05, 0.1) is 20.0 Å². The number of aromatic nitrogens is 3. The number of carboxylic acid groups (broad SMARTS) is 1. The number of methoxy groups -OCH3 is 1. The molecule has 12 rings (SSSR count). The van der Waals surface area contributed by atoms with Crippen LogP contribution in [0.1, 0.15) is 124 Å². The summed E-state index contributed by atoms with van der Waals surface area (Å²) in [6.07, 6.45) is -0.749. The topological polar surface area (TPSA) is 334 Å². The van der Waals surface area contributed by atoms with Gasteiger partial charge in [-0.15, -0.1) is 6.42 Å². The molecule has 0 radical (unpaired) electrons. The first kappa shape index (κ1) is 83.0. The summed E-state index contributed by atoms with van der Waals surface area (Å²) in [7, 11) is 1.37. The molecule has 6 N–H and O–H groups in total. The summed E-state index contributed by atoms with van der Waals surface area (Å²) >= 11 is 0. The quantitative estimate of drug-likeness (QED) is 0.0244. The second-order valence-corrected chi connectivity index (χ2v) is 23.2. The molecule has 3 aromatic heterocycles. The van der Waals surface area contributed by atoms with E-state index < -0.39 is 42.6 Å². The van der Waals surface area contributed by atoms with Crippen molar-refractivity contribution in [3.63, 3.8) is 0 Å². The van der Waals surface area contributed by atoms with Crippen LogP contribution in [0.2, 0.25) is 0 Å². The van der Waals surface area contributed by atoms with Gasteiger partial charge in [-0.05, 0) is 156 Å². The number of carboxylic acids is 1. The fourth-order valence-corrected chi connectivity index (χ4v) is 10.4. The maximum Gasteiger partial charge on any atom is 1.00 e. The fourth-order valence-electron chi connectivity index (χ4n) is 10.4. The molecule has 3 amide bonds. The molecule has 3 atom stereocenters. The Morgan fingerprint density at radius 3 is 1.04 bits per heavy atom. The van der Waals surface area contributed by atoms with Crippen molar-refractivity contribution in [2.24, 2.45) is 0 Å². The van der Waals surface area contributed by atoms with Gasteiger partial charge in [-0.1, -0.05) is 203 Å². The number of nitrogens with one attached hydrogen (secondary N) is 3. The first-order valence-electron chi connectivity index (χ1n) is 32.1. The Morgan fingerprint density at radius 1 is 0.434 bits per heavy atom. The zero-order chi connectivity index (χ0) is 72.1. The SMILES string of the molecule is COC(=O)Cc1ccc2cc(C#Cc3onc(C)c3NC(=O)O[C@H](C)c3ccccc3)ccc2c1.Cc1noc(C#Cc2ccc3cc(CC(=O)O)ccc3c2)c1NC(=O)O[C@H](C)c1ccccc1.Cc1noc(C#Cc2ccc3cc(C[C-]=O)ccc3c2)c1NC(=O)O[C@H](C)c1ccccc1.[Li+].[Na+].[OH-].[OH-]. The monoisotopic (exact) mass is 1420 g/mol. The zero-order valence-electron chi connectivity index (χ0n) is 59.4. The van der Waals surface area contributed by atoms with Crippen molar-refractivity contribution >= 4 is 85.9 Å². The molecule has 0 bridgehead atoms. The summed E-state index contributed by atoms with van der Waals surface area (Å²) in [5.41, 5.74) is 10.1. The second-order valence-electron chi connectivity index (χ2n) is 23.2. The van der Waals surface area contributed by atoms with Gasteiger partial charge < -0.3 is 53.4 Å². The summed E-state index contributed by atoms with van der Waals surface area (Å²) in [6, 6.07) is 62.6. The second kappa shape index (κ2) is 40.2. The van der Waals surface area contributed by atoms with E-state index >= 15 is 0 Å². The van der Waals surface area contributed by atoms with Crippen LogP contribution in [0.3, 0.4) is 0 Å². The molecule has 526 valence electrons. The molecule has 3 heterocycles. The van der Waals surface area contributed by atoms with Crippen LogP contribution in [0.25, 0.3) is 32.3 Å². The van der Waals surface area contributed by atoms with Gasteiger partial charge in [0.15, 0.2) is 0 Å². The number of ether oxygens (including phenoxy) is 4. The smallest absolute Gasteiger partial charge is 0.870 e. The predicted molar refractivity (Wildman–Crippen MR) is 389 cm³/mol. The number of aryl methyl sites for hydroxylation is 3. The Morgan fingerprint density at radius 2 is 0.726 bits per heavy atom. The fraction of sp³-hybridized carbons (Fsp3) is 0.159. The molecule has 0 saturated heterocycles. The Bertz CT molecular complexity index is 5260. The molecule has 0 fully saturated rings. The van der Waals surface area contributed by atoms with Gasteiger partial charge >= 0.3 is 78.6 Å². The maximum absolute atomic E-state index is 12.5. The summed E-state index contributed by atoms with van der Waals surface area (Å²) < 4.78 is 37.1. The first-order valence-corrected chi connectivity index (χ1v) is 32.1. The maximum atomic E-state index is 12.5. The minimum atomic E-state index is -0.869. The van der Waals surface area contributed by atoms with Crippen molar-refractivity contribution in [3.05, 3.63) is 285 Å². The van der Waals surface area contributed by atoms with Crippen molar-refractivity contribution in [3.8, 4) is 35.5 Å². The number of aliphatic carboxylic acids is 1. The molecule has 12 aromatic rings. The van der Waals surface area contributed by atoms with Crippen LogP contribution in [0.4, 0.5) is 31.4 Å². The molecule has 0 unspecified atom stereocenters. The van der Waals surface area contributed by atoms with Crippen molar-refractivity contribution in [2.45, 2.75) is 79.1 Å². The summed E-state index contributed by atoms with van der Waals surface area (Å²) in [5, 5.41) is 34.6. The van der Waals surface area contributed by atoms with Gasteiger partial charge in [0.2, 0.25) is 17.3 Å². The van der Waals surface area contributed by atoms with E-state index in [0.29, 0.717) is 34.1 Å². The Kier molecular flexibility index (Phi) is 31.4. The molecular weight excluding hydrogens is 1350 g/mol. The van der Waals surface area contributed by atoms with Gasteiger partial charge in [-0.2, -0.15) is 0 Å². The Balaban J connectivity index is 0.000000245. The minimum absolute atomic E-state index is 0. The summed E-state index contributed by atoms with van der Waals surface area (Å²) in [6.45, 7) is 10.5. The van der Waals surface area contributed by atoms with Crippen LogP contribution in [-0.2, 0) is 52.6 Å². The zero-order valence-corrected chi connectivity index (χ0v) is 61.4. The predicted octanol–water partition coefficient (Wildman–Crippen LogP) is 10.2. The van der Waals surface area contributed by atoms with Crippen molar-refractivity contribution in [2.75, 3.05) is 23.1 Å². The third-order valence-corrected chi connectivity index (χ3v) is 15.8. The number of hydrogen-bond acceptors (Lipinski definition) is 18. The van der Waals surface area contributed by atoms with Gasteiger partial charge in [0.1, 0.15) is 52.5 Å². The molecule has 0 aliphatic heterocycles. The van der Waals surface area contributed by atoms with Gasteiger partial charge in [0.25, 0.3) is 0 Å². The molecule has 0 aliphatic carbocycles. The number of esters is 1. The Hall–Kier alpha value is -12.0. The molecule has 0 spiro atoms. The number of hydrogen-bond donors (Lipinski definition) is 4. The molecular formula is C82H69LiN6NaO16-. The van der Waals surface area contributed by atoms with Crippen LogP contribution in [0.5, 0.6) is 0 Å². The van der Waals surface area contributed by atoms with Crippen LogP contribution in [-0.4, -0.2) is 75.1 Å². The number of nitrogens with zero attached hydrogens (tertiary/aromatic N) is 3. The van der Waals surface area contributed by atoms with Crippen LogP contribution in [0.15, 0.2) is 214 Å². The van der Waals surface area contributed by atoms with Gasteiger partial charge in [0, 0.05) is 16.7 Å². The van der Waals surface area contributed by atoms with E-state index in [9.17, 15) is 28.8 Å². The number of rotatable bonds is 15. The molecule has 9 aromatic carbocycles. The summed E-state index contributed by atoms with van der Waals surface area (Å²) in [4.78, 5) is 70.3. The average Bonchev–Trinajstić information content (AvgIpc) is 1.05. The van der Waals surface area contributed by atoms with E-state index in [0.717, 1.165) is 82.4 Å². The molecule has 0 saturated carbocycles. The van der Waals surface area contributed by atoms with Gasteiger partial charge in [-0.3, -0.25) is 31.8 Å². The molecule has 0 aliphatic rings. The van der Waals surface area contributed by atoms with Crippen LogP contribution >= 0.6 is 0 Å². The van der Waals surface area contributed by atoms with E-state index in [2.05, 4.69) is 66.9 Å². The Labute approximate surface area is 645 Å². The number of anilines is 3. The van der Waals surface area contributed by atoms with E-state index in [-0.39, 0.29) is 102 Å². The minimum Gasteiger partial charge on any atom is -0.870 e. The average molecular weight is 1420 g/mol. The normalized spacial score (nSPS) is 10.9. The van der Waals surface area contributed by atoms with E-state index in [1.807, 2.05) is 200 Å². The van der Waals surface area contributed by atoms with Gasteiger partial charge in [-0.25, -0.2) is 14.4 Å². The number of carbonyl (C=O) groups is 5. The van der Waals surface area contributed by atoms with Crippen molar-refractivity contribution < 1.29 is 126 Å². The summed E-state index contributed by atoms with van der Waals surface area (Å²) in [5.74, 6) is 17.5. The number of fused-ring (bicyclic) bond motifs is 3. The van der Waals surface area contributed by atoms with Crippen molar-refractivity contribution in [1.29, 1.82) is 0 Å². The van der Waals surface area contributed by atoms with E-state index in [1.165, 1.54) is 7.11 Å². The number of benzene rings is 9. The number of amides is 3. The third kappa shape index (κ3) is 23.3. The largest absolute Gasteiger partial charge is 1.00 e. The standard InChI is InChI=1S/C28H24N2O5.C27H22N2O5.C27H21N2O4.Li.Na.2H2O/c1-18-27(29-28(32)34-19(2)22-7-5-4-6-8-22)25(35-30-18)14-11-20-9-12-24-16-21(17-26(31)33-3)10-13-23(24)15-20;1-17-26(28-27(32)33-18(2)21-6-4-3-5-7-21)24(34-29-17)13-10-19-8-11-23-15-20(16-25(30)31)9-12-22(23)14-19;1-18-26(28-27(31)32-19(2)22-6-4-3-5-7-22)25(33-29-18)13-10-20-8-11-24-17-21(14-15-30)9-12-23(24)16-20;;;;/h4-10,12-13,15-16,19H,17H2,1-3H3,(H,29,32);3-9,11-12,14-15,18H,16H2,1-2H3,(H,28,32)(H,30,31);3-9,11-12,16-17,19H,14H2,1-2H3,(H,28,31);;;2*1H2/q;;-1;2*+1;;/p-2/t19-;18-;19-;;;;/m111..../s1. The molecule has 24 heteroatoms. The first-order chi connectivity index (χ1) is 49.3.